The SMILES string of the molecule is c1ccc(-c2cc(-c3ccccc3)cc(-c3ccc(N(c4cccc(-c5cccc6oc7ccccc7c56)c4)c4cccc5oc6c7ccccc7ccc6c45)cc3)c2)cc1. The van der Waals surface area contributed by atoms with E-state index in [0.717, 1.165) is 94.0 Å². The lowest BCUT2D eigenvalue weighted by molar-refractivity contribution is 0.669. The Balaban J connectivity index is 1.05. The van der Waals surface area contributed by atoms with Crippen molar-refractivity contribution in [1.29, 1.82) is 0 Å². The van der Waals surface area contributed by atoms with Crippen molar-refractivity contribution in [2.45, 2.75) is 0 Å². The molecule has 12 rings (SSSR count). The first-order valence-electron chi connectivity index (χ1n) is 20.7. The zero-order valence-corrected chi connectivity index (χ0v) is 33.1. The summed E-state index contributed by atoms with van der Waals surface area (Å²) in [6.07, 6.45) is 0. The van der Waals surface area contributed by atoms with Gasteiger partial charge in [0.1, 0.15) is 22.3 Å². The van der Waals surface area contributed by atoms with Gasteiger partial charge in [0.15, 0.2) is 0 Å². The smallest absolute Gasteiger partial charge is 0.143 e. The van der Waals surface area contributed by atoms with Crippen LogP contribution < -0.4 is 4.90 Å². The molecule has 10 aromatic carbocycles. The molecule has 0 bridgehead atoms. The molecule has 3 nitrogen and oxygen atoms in total. The lowest BCUT2D eigenvalue weighted by atomic mass is 9.93. The number of furan rings is 2. The van der Waals surface area contributed by atoms with Crippen LogP contribution in [-0.4, -0.2) is 0 Å². The average molecular weight is 780 g/mol. The lowest BCUT2D eigenvalue weighted by Gasteiger charge is -2.27. The van der Waals surface area contributed by atoms with E-state index in [1.54, 1.807) is 0 Å². The highest BCUT2D eigenvalue weighted by molar-refractivity contribution is 6.20. The quantitative estimate of drug-likeness (QED) is 0.161. The summed E-state index contributed by atoms with van der Waals surface area (Å²) in [5, 5.41) is 6.65. The first-order valence-corrected chi connectivity index (χ1v) is 20.7. The van der Waals surface area contributed by atoms with Crippen molar-refractivity contribution in [1.82, 2.24) is 0 Å². The van der Waals surface area contributed by atoms with E-state index in [1.807, 2.05) is 12.1 Å². The summed E-state index contributed by atoms with van der Waals surface area (Å²) >= 11 is 0. The Morgan fingerprint density at radius 2 is 0.869 bits per heavy atom. The van der Waals surface area contributed by atoms with E-state index in [2.05, 4.69) is 217 Å². The van der Waals surface area contributed by atoms with Gasteiger partial charge in [-0.15, -0.1) is 0 Å². The van der Waals surface area contributed by atoms with Gasteiger partial charge >= 0.3 is 0 Å². The summed E-state index contributed by atoms with van der Waals surface area (Å²) in [6, 6.07) is 80.0. The predicted molar refractivity (Wildman–Crippen MR) is 255 cm³/mol. The van der Waals surface area contributed by atoms with E-state index in [0.29, 0.717) is 0 Å². The van der Waals surface area contributed by atoms with Gasteiger partial charge in [-0.3, -0.25) is 0 Å². The number of nitrogens with zero attached hydrogens (tertiary/aromatic N) is 1. The molecule has 0 aliphatic heterocycles. The highest BCUT2D eigenvalue weighted by Crippen LogP contribution is 2.46. The molecule has 0 N–H and O–H groups in total. The maximum atomic E-state index is 6.74. The normalized spacial score (nSPS) is 11.6. The number of anilines is 3. The van der Waals surface area contributed by atoms with Gasteiger partial charge < -0.3 is 13.7 Å². The van der Waals surface area contributed by atoms with E-state index in [-0.39, 0.29) is 0 Å². The van der Waals surface area contributed by atoms with Crippen LogP contribution in [0.25, 0.3) is 99.2 Å². The third-order valence-electron chi connectivity index (χ3n) is 12.0. The maximum Gasteiger partial charge on any atom is 0.143 e. The molecule has 0 unspecified atom stereocenters. The molecule has 0 saturated carbocycles. The molecule has 3 heteroatoms. The summed E-state index contributed by atoms with van der Waals surface area (Å²) in [5.41, 5.74) is 15.9. The molecular weight excluding hydrogens is 743 g/mol. The van der Waals surface area contributed by atoms with Crippen LogP contribution in [0.15, 0.2) is 233 Å². The maximum absolute atomic E-state index is 6.74. The zero-order valence-electron chi connectivity index (χ0n) is 33.1. The number of rotatable bonds is 7. The Morgan fingerprint density at radius 3 is 1.61 bits per heavy atom. The van der Waals surface area contributed by atoms with Crippen LogP contribution in [0, 0.1) is 0 Å². The predicted octanol–water partition coefficient (Wildman–Crippen LogP) is 16.8. The molecule has 0 amide bonds. The molecule has 0 radical (unpaired) electrons. The fourth-order valence-electron chi connectivity index (χ4n) is 9.17. The fraction of sp³-hybridized carbons (Fsp3) is 0. The molecule has 2 heterocycles. The molecule has 2 aromatic heterocycles. The van der Waals surface area contributed by atoms with Gasteiger partial charge in [0.05, 0.1) is 11.1 Å². The average Bonchev–Trinajstić information content (AvgIpc) is 3.92. The number of para-hydroxylation sites is 1. The summed E-state index contributed by atoms with van der Waals surface area (Å²) in [6.45, 7) is 0. The van der Waals surface area contributed by atoms with Crippen LogP contribution in [0.5, 0.6) is 0 Å². The minimum atomic E-state index is 0.849. The van der Waals surface area contributed by atoms with Crippen LogP contribution in [-0.2, 0) is 0 Å². The Morgan fingerprint density at radius 1 is 0.295 bits per heavy atom. The van der Waals surface area contributed by atoms with Gasteiger partial charge in [-0.2, -0.15) is 0 Å². The molecule has 0 saturated heterocycles. The highest BCUT2D eigenvalue weighted by atomic mass is 16.3. The number of hydrogen-bond donors (Lipinski definition) is 0. The minimum Gasteiger partial charge on any atom is -0.456 e. The van der Waals surface area contributed by atoms with Crippen molar-refractivity contribution in [3.63, 3.8) is 0 Å². The van der Waals surface area contributed by atoms with E-state index >= 15 is 0 Å². The Bertz CT molecular complexity index is 3520. The number of benzene rings is 10. The highest BCUT2D eigenvalue weighted by Gasteiger charge is 2.22. The third-order valence-corrected chi connectivity index (χ3v) is 12.0. The molecule has 12 aromatic rings. The van der Waals surface area contributed by atoms with Gasteiger partial charge in [0.25, 0.3) is 0 Å². The minimum absolute atomic E-state index is 0.849. The molecule has 286 valence electrons. The van der Waals surface area contributed by atoms with Crippen LogP contribution in [0.3, 0.4) is 0 Å². The largest absolute Gasteiger partial charge is 0.456 e. The number of hydrogen-bond acceptors (Lipinski definition) is 3. The van der Waals surface area contributed by atoms with Gasteiger partial charge in [-0.1, -0.05) is 152 Å². The van der Waals surface area contributed by atoms with E-state index < -0.39 is 0 Å². The van der Waals surface area contributed by atoms with E-state index in [1.165, 1.54) is 22.3 Å². The van der Waals surface area contributed by atoms with Crippen LogP contribution in [0.4, 0.5) is 17.1 Å². The Labute approximate surface area is 353 Å². The Kier molecular flexibility index (Phi) is 8.17. The monoisotopic (exact) mass is 779 g/mol. The van der Waals surface area contributed by atoms with Crippen molar-refractivity contribution in [3.05, 3.63) is 224 Å². The van der Waals surface area contributed by atoms with Crippen molar-refractivity contribution in [2.24, 2.45) is 0 Å². The second-order valence-corrected chi connectivity index (χ2v) is 15.7. The summed E-state index contributed by atoms with van der Waals surface area (Å²) in [5.74, 6) is 0. The second kappa shape index (κ2) is 14.3. The van der Waals surface area contributed by atoms with Crippen molar-refractivity contribution in [2.75, 3.05) is 4.90 Å². The van der Waals surface area contributed by atoms with Crippen LogP contribution in [0.2, 0.25) is 0 Å². The second-order valence-electron chi connectivity index (χ2n) is 15.7. The van der Waals surface area contributed by atoms with Gasteiger partial charge in [-0.25, -0.2) is 0 Å². The van der Waals surface area contributed by atoms with Gasteiger partial charge in [-0.05, 0) is 123 Å². The molecular formula is C58H37NO2. The van der Waals surface area contributed by atoms with Crippen molar-refractivity contribution >= 4 is 71.7 Å². The molecule has 0 spiro atoms. The Hall–Kier alpha value is -8.14. The number of fused-ring (bicyclic) bond motifs is 8. The molecule has 0 atom stereocenters. The van der Waals surface area contributed by atoms with Gasteiger partial charge in [0, 0.05) is 32.9 Å². The first-order chi connectivity index (χ1) is 30.2. The van der Waals surface area contributed by atoms with E-state index in [9.17, 15) is 0 Å². The lowest BCUT2D eigenvalue weighted by Crippen LogP contribution is -2.10. The van der Waals surface area contributed by atoms with Crippen LogP contribution in [0.1, 0.15) is 0 Å². The molecule has 0 aliphatic rings. The third kappa shape index (κ3) is 5.98. The van der Waals surface area contributed by atoms with Crippen molar-refractivity contribution < 1.29 is 8.83 Å². The van der Waals surface area contributed by atoms with Crippen LogP contribution >= 0.6 is 0 Å². The molecule has 0 fully saturated rings. The fourth-order valence-corrected chi connectivity index (χ4v) is 9.17. The molecule has 0 aliphatic carbocycles. The standard InChI is InChI=1S/C58H37NO2/c1-3-14-38(15-4-1)43-34-44(39-16-5-2-6-17-39)36-45(35-43)40-28-31-46(32-29-40)59(52-24-13-27-55-57(52)51-33-30-41-18-7-8-21-49(41)58(51)61-55)47-20-11-19-42(37-47)48-23-12-26-54-56(48)50-22-9-10-25-53(50)60-54/h1-37H. The van der Waals surface area contributed by atoms with E-state index in [4.69, 9.17) is 8.83 Å². The van der Waals surface area contributed by atoms with Gasteiger partial charge in [0.2, 0.25) is 0 Å². The molecule has 61 heavy (non-hydrogen) atoms. The summed E-state index contributed by atoms with van der Waals surface area (Å²) in [4.78, 5) is 2.38. The summed E-state index contributed by atoms with van der Waals surface area (Å²) < 4.78 is 13.1. The van der Waals surface area contributed by atoms with Crippen molar-refractivity contribution in [3.8, 4) is 44.5 Å². The topological polar surface area (TPSA) is 29.5 Å². The zero-order chi connectivity index (χ0) is 40.3. The summed E-state index contributed by atoms with van der Waals surface area (Å²) in [7, 11) is 0. The first kappa shape index (κ1) is 34.9.